The van der Waals surface area contributed by atoms with Gasteiger partial charge in [0.05, 0.1) is 5.92 Å². The summed E-state index contributed by atoms with van der Waals surface area (Å²) in [4.78, 5) is 24.3. The van der Waals surface area contributed by atoms with Gasteiger partial charge in [-0.05, 0) is 18.6 Å². The van der Waals surface area contributed by atoms with Crippen molar-refractivity contribution in [2.45, 2.75) is 25.0 Å². The van der Waals surface area contributed by atoms with Crippen LogP contribution in [0.4, 0.5) is 4.79 Å². The highest BCUT2D eigenvalue weighted by atomic mass is 32.2. The van der Waals surface area contributed by atoms with Crippen LogP contribution >= 0.6 is 11.8 Å². The number of urea groups is 1. The molecule has 6 heteroatoms. The largest absolute Gasteiger partial charge is 0.481 e. The minimum Gasteiger partial charge on any atom is -0.481 e. The van der Waals surface area contributed by atoms with Crippen LogP contribution in [0.1, 0.15) is 19.8 Å². The monoisotopic (exact) mass is 272 g/mol. The molecule has 2 saturated heterocycles. The van der Waals surface area contributed by atoms with E-state index >= 15 is 0 Å². The van der Waals surface area contributed by atoms with Crippen LogP contribution in [0.15, 0.2) is 0 Å². The Balaban J connectivity index is 1.65. The topological polar surface area (TPSA) is 69.6 Å². The van der Waals surface area contributed by atoms with Gasteiger partial charge in [0.15, 0.2) is 0 Å². The van der Waals surface area contributed by atoms with Gasteiger partial charge in [-0.25, -0.2) is 4.79 Å². The van der Waals surface area contributed by atoms with E-state index in [4.69, 9.17) is 5.11 Å². The van der Waals surface area contributed by atoms with Gasteiger partial charge in [0.25, 0.3) is 0 Å². The molecule has 5 nitrogen and oxygen atoms in total. The van der Waals surface area contributed by atoms with Crippen LogP contribution in [0.25, 0.3) is 0 Å². The zero-order valence-electron chi connectivity index (χ0n) is 10.6. The van der Waals surface area contributed by atoms with E-state index in [0.29, 0.717) is 18.3 Å². The predicted molar refractivity (Wildman–Crippen MR) is 70.7 cm³/mol. The molecule has 2 rings (SSSR count). The first-order valence-corrected chi connectivity index (χ1v) is 7.50. The van der Waals surface area contributed by atoms with Crippen LogP contribution in [0.5, 0.6) is 0 Å². The second-order valence-electron chi connectivity index (χ2n) is 5.11. The van der Waals surface area contributed by atoms with E-state index < -0.39 is 5.97 Å². The first-order chi connectivity index (χ1) is 8.58. The highest BCUT2D eigenvalue weighted by Gasteiger charge is 2.37. The smallest absolute Gasteiger partial charge is 0.317 e. The zero-order chi connectivity index (χ0) is 13.1. The molecule has 2 aliphatic heterocycles. The molecule has 2 atom stereocenters. The number of carbonyl (C=O) groups excluding carboxylic acids is 1. The highest BCUT2D eigenvalue weighted by Crippen LogP contribution is 2.26. The lowest BCUT2D eigenvalue weighted by Gasteiger charge is -2.41. The van der Waals surface area contributed by atoms with Crippen LogP contribution < -0.4 is 5.32 Å². The molecule has 2 unspecified atom stereocenters. The lowest BCUT2D eigenvalue weighted by Crippen LogP contribution is -2.56. The molecule has 2 heterocycles. The van der Waals surface area contributed by atoms with Crippen LogP contribution in [0, 0.1) is 11.8 Å². The van der Waals surface area contributed by atoms with E-state index in [1.54, 1.807) is 11.8 Å². The summed E-state index contributed by atoms with van der Waals surface area (Å²) < 4.78 is 0. The number of nitrogens with zero attached hydrogens (tertiary/aromatic N) is 1. The van der Waals surface area contributed by atoms with Crippen molar-refractivity contribution in [2.24, 2.45) is 11.8 Å². The predicted octanol–water partition coefficient (Wildman–Crippen LogP) is 1.24. The van der Waals surface area contributed by atoms with E-state index in [1.807, 2.05) is 11.8 Å². The van der Waals surface area contributed by atoms with E-state index in [1.165, 1.54) is 18.6 Å². The molecule has 0 aromatic rings. The molecule has 2 aliphatic rings. The van der Waals surface area contributed by atoms with Crippen LogP contribution in [0.2, 0.25) is 0 Å². The number of carboxylic acids is 1. The molecular formula is C12H20N2O3S. The Bertz CT molecular complexity index is 325. The van der Waals surface area contributed by atoms with E-state index in [0.717, 1.165) is 6.54 Å². The molecule has 2 fully saturated rings. The van der Waals surface area contributed by atoms with E-state index in [-0.39, 0.29) is 17.9 Å². The summed E-state index contributed by atoms with van der Waals surface area (Å²) in [5.74, 6) is 0.165. The summed E-state index contributed by atoms with van der Waals surface area (Å²) >= 11 is 1.92. The minimum atomic E-state index is -0.776. The molecular weight excluding hydrogens is 252 g/mol. The summed E-state index contributed by atoms with van der Waals surface area (Å²) in [5, 5.41) is 12.4. The van der Waals surface area contributed by atoms with E-state index in [2.05, 4.69) is 5.32 Å². The lowest BCUT2D eigenvalue weighted by molar-refractivity contribution is -0.144. The van der Waals surface area contributed by atoms with Crippen molar-refractivity contribution in [1.82, 2.24) is 10.2 Å². The molecule has 0 saturated carbocycles. The van der Waals surface area contributed by atoms with Crippen molar-refractivity contribution in [3.8, 4) is 0 Å². The molecule has 102 valence electrons. The Labute approximate surface area is 111 Å². The summed E-state index contributed by atoms with van der Waals surface area (Å²) in [6.45, 7) is 3.57. The van der Waals surface area contributed by atoms with Crippen molar-refractivity contribution in [3.05, 3.63) is 0 Å². The maximum Gasteiger partial charge on any atom is 0.317 e. The number of likely N-dealkylation sites (tertiary alicyclic amines) is 1. The number of amides is 2. The highest BCUT2D eigenvalue weighted by molar-refractivity contribution is 8.00. The molecule has 0 radical (unpaired) electrons. The Morgan fingerprint density at radius 2 is 2.22 bits per heavy atom. The number of rotatable bonds is 4. The normalized spacial score (nSPS) is 25.6. The lowest BCUT2D eigenvalue weighted by atomic mass is 9.87. The molecule has 2 amide bonds. The molecule has 18 heavy (non-hydrogen) atoms. The van der Waals surface area contributed by atoms with Crippen LogP contribution in [0.3, 0.4) is 0 Å². The first-order valence-electron chi connectivity index (χ1n) is 6.45. The fourth-order valence-electron chi connectivity index (χ4n) is 2.31. The number of nitrogens with one attached hydrogen (secondary N) is 1. The number of aliphatic carboxylic acids is 1. The second kappa shape index (κ2) is 5.82. The van der Waals surface area contributed by atoms with E-state index in [9.17, 15) is 9.59 Å². The van der Waals surface area contributed by atoms with Crippen molar-refractivity contribution < 1.29 is 14.7 Å². The summed E-state index contributed by atoms with van der Waals surface area (Å²) in [7, 11) is 0. The van der Waals surface area contributed by atoms with Gasteiger partial charge >= 0.3 is 12.0 Å². The van der Waals surface area contributed by atoms with Gasteiger partial charge in [-0.1, -0.05) is 6.92 Å². The average Bonchev–Trinajstić information content (AvgIpc) is 2.76. The molecule has 0 aromatic heterocycles. The summed E-state index contributed by atoms with van der Waals surface area (Å²) in [6.07, 6.45) is 2.43. The first kappa shape index (κ1) is 13.5. The Morgan fingerprint density at radius 3 is 2.78 bits per heavy atom. The van der Waals surface area contributed by atoms with Crippen LogP contribution in [-0.4, -0.2) is 52.6 Å². The third-order valence-electron chi connectivity index (χ3n) is 3.80. The Kier molecular flexibility index (Phi) is 4.37. The van der Waals surface area contributed by atoms with Gasteiger partial charge in [-0.15, -0.1) is 0 Å². The molecule has 0 spiro atoms. The van der Waals surface area contributed by atoms with Crippen molar-refractivity contribution >= 4 is 23.8 Å². The Morgan fingerprint density at radius 1 is 1.50 bits per heavy atom. The van der Waals surface area contributed by atoms with Gasteiger partial charge in [0.2, 0.25) is 0 Å². The maximum absolute atomic E-state index is 11.8. The standard InChI is InChI=1S/C12H20N2O3S/c1-8(11(15)16)9-6-14(7-9)12(17)13-5-10-3-2-4-18-10/h8-10H,2-7H2,1H3,(H,13,17)(H,15,16). The van der Waals surface area contributed by atoms with Crippen molar-refractivity contribution in [3.63, 3.8) is 0 Å². The fraction of sp³-hybridized carbons (Fsp3) is 0.833. The van der Waals surface area contributed by atoms with Crippen molar-refractivity contribution in [1.29, 1.82) is 0 Å². The van der Waals surface area contributed by atoms with Gasteiger partial charge in [-0.2, -0.15) is 11.8 Å². The SMILES string of the molecule is CC(C(=O)O)C1CN(C(=O)NCC2CCCS2)C1. The molecule has 2 N–H and O–H groups in total. The van der Waals surface area contributed by atoms with Crippen molar-refractivity contribution in [2.75, 3.05) is 25.4 Å². The van der Waals surface area contributed by atoms with Gasteiger partial charge in [0.1, 0.15) is 0 Å². The Hall–Kier alpha value is -0.910. The third kappa shape index (κ3) is 3.10. The fourth-order valence-corrected chi connectivity index (χ4v) is 3.52. The molecule has 0 aromatic carbocycles. The average molecular weight is 272 g/mol. The minimum absolute atomic E-state index is 0.0451. The number of hydrogen-bond acceptors (Lipinski definition) is 3. The van der Waals surface area contributed by atoms with Crippen LogP contribution in [-0.2, 0) is 4.79 Å². The van der Waals surface area contributed by atoms with Gasteiger partial charge in [0, 0.05) is 30.8 Å². The van der Waals surface area contributed by atoms with Gasteiger partial charge < -0.3 is 15.3 Å². The van der Waals surface area contributed by atoms with Gasteiger partial charge in [-0.3, -0.25) is 4.79 Å². The number of hydrogen-bond donors (Lipinski definition) is 2. The number of thioether (sulfide) groups is 1. The summed E-state index contributed by atoms with van der Waals surface area (Å²) in [6, 6.07) is -0.0451. The quantitative estimate of drug-likeness (QED) is 0.808. The maximum atomic E-state index is 11.8. The second-order valence-corrected chi connectivity index (χ2v) is 6.52. The zero-order valence-corrected chi connectivity index (χ0v) is 11.4. The summed E-state index contributed by atoms with van der Waals surface area (Å²) in [5.41, 5.74) is 0. The third-order valence-corrected chi connectivity index (χ3v) is 5.20. The molecule has 0 aliphatic carbocycles. The molecule has 0 bridgehead atoms. The number of carboxylic acid groups (broad SMARTS) is 1. The number of carbonyl (C=O) groups is 2.